The largest absolute Gasteiger partial charge is 0.481 e. The van der Waals surface area contributed by atoms with Crippen molar-refractivity contribution in [1.82, 2.24) is 10.3 Å². The van der Waals surface area contributed by atoms with Crippen molar-refractivity contribution in [3.63, 3.8) is 0 Å². The summed E-state index contributed by atoms with van der Waals surface area (Å²) in [6, 6.07) is 12.8. The molecule has 0 fully saturated rings. The zero-order valence-electron chi connectivity index (χ0n) is 14.4. The maximum Gasteiger partial charge on any atom is 0.303 e. The Hall–Kier alpha value is -2.89. The topological polar surface area (TPSA) is 88.5 Å². The summed E-state index contributed by atoms with van der Waals surface area (Å²) in [6.45, 7) is 1.81. The van der Waals surface area contributed by atoms with Gasteiger partial charge in [-0.3, -0.25) is 9.59 Å². The van der Waals surface area contributed by atoms with Gasteiger partial charge < -0.3 is 15.2 Å². The van der Waals surface area contributed by atoms with E-state index in [1.807, 2.05) is 37.3 Å². The summed E-state index contributed by atoms with van der Waals surface area (Å²) >= 11 is 0. The number of rotatable bonds is 8. The molecule has 132 valence electrons. The molecule has 1 amide bonds. The Labute approximate surface area is 146 Å². The van der Waals surface area contributed by atoms with Gasteiger partial charge in [0.25, 0.3) is 5.91 Å². The third-order valence-corrected chi connectivity index (χ3v) is 3.80. The molecule has 0 bridgehead atoms. The lowest BCUT2D eigenvalue weighted by Gasteiger charge is -2.19. The van der Waals surface area contributed by atoms with Crippen molar-refractivity contribution in [2.75, 3.05) is 7.11 Å². The van der Waals surface area contributed by atoms with Crippen LogP contribution in [0.5, 0.6) is 5.88 Å². The van der Waals surface area contributed by atoms with Crippen molar-refractivity contribution in [1.29, 1.82) is 0 Å². The van der Waals surface area contributed by atoms with E-state index in [4.69, 9.17) is 9.84 Å². The molecule has 0 aliphatic rings. The average Bonchev–Trinajstić information content (AvgIpc) is 2.60. The zero-order chi connectivity index (χ0) is 18.2. The molecule has 0 saturated carbocycles. The molecular weight excluding hydrogens is 320 g/mol. The van der Waals surface area contributed by atoms with Gasteiger partial charge in [-0.15, -0.1) is 0 Å². The number of carbonyl (C=O) groups excluding carboxylic acids is 1. The molecule has 0 aliphatic carbocycles. The predicted octanol–water partition coefficient (Wildman–Crippen LogP) is 2.60. The quantitative estimate of drug-likeness (QED) is 0.770. The first-order chi connectivity index (χ1) is 12.0. The summed E-state index contributed by atoms with van der Waals surface area (Å²) in [6.07, 6.45) is 0.889. The van der Waals surface area contributed by atoms with E-state index < -0.39 is 5.97 Å². The molecule has 0 saturated heterocycles. The number of carbonyl (C=O) groups is 2. The van der Waals surface area contributed by atoms with Gasteiger partial charge in [-0.1, -0.05) is 30.3 Å². The molecule has 6 heteroatoms. The van der Waals surface area contributed by atoms with Crippen LogP contribution >= 0.6 is 0 Å². The Morgan fingerprint density at radius 1 is 1.20 bits per heavy atom. The van der Waals surface area contributed by atoms with Gasteiger partial charge in [0.15, 0.2) is 0 Å². The number of nitrogens with zero attached hydrogens (tertiary/aromatic N) is 1. The number of hydrogen-bond donors (Lipinski definition) is 2. The number of amides is 1. The van der Waals surface area contributed by atoms with Crippen LogP contribution in [0.1, 0.15) is 34.5 Å². The van der Waals surface area contributed by atoms with Crippen molar-refractivity contribution in [3.05, 3.63) is 59.3 Å². The first kappa shape index (κ1) is 18.4. The molecule has 1 heterocycles. The van der Waals surface area contributed by atoms with Crippen LogP contribution in [0.3, 0.4) is 0 Å². The smallest absolute Gasteiger partial charge is 0.303 e. The molecule has 2 rings (SSSR count). The standard InChI is InChI=1S/C19H22N2O4/c1-13-8-10-16(19(20-13)25-2)18(24)21-15(9-11-17(22)23)12-14-6-4-3-5-7-14/h3-8,10,15H,9,11-12H2,1-2H3,(H,21,24)(H,22,23). The number of nitrogens with one attached hydrogen (secondary N) is 1. The molecule has 25 heavy (non-hydrogen) atoms. The van der Waals surface area contributed by atoms with Gasteiger partial charge in [-0.05, 0) is 37.5 Å². The molecule has 1 aromatic carbocycles. The van der Waals surface area contributed by atoms with Gasteiger partial charge in [0.05, 0.1) is 7.11 Å². The fourth-order valence-electron chi connectivity index (χ4n) is 2.55. The van der Waals surface area contributed by atoms with Crippen LogP contribution in [-0.2, 0) is 11.2 Å². The van der Waals surface area contributed by atoms with Gasteiger partial charge in [-0.2, -0.15) is 0 Å². The van der Waals surface area contributed by atoms with E-state index >= 15 is 0 Å². The number of methoxy groups -OCH3 is 1. The maximum atomic E-state index is 12.6. The van der Waals surface area contributed by atoms with Crippen molar-refractivity contribution in [2.24, 2.45) is 0 Å². The molecule has 2 aromatic rings. The molecule has 1 atom stereocenters. The summed E-state index contributed by atoms with van der Waals surface area (Å²) in [5.74, 6) is -0.952. The van der Waals surface area contributed by atoms with Gasteiger partial charge in [0, 0.05) is 18.2 Å². The van der Waals surface area contributed by atoms with E-state index in [0.29, 0.717) is 18.4 Å². The summed E-state index contributed by atoms with van der Waals surface area (Å²) < 4.78 is 5.18. The maximum absolute atomic E-state index is 12.6. The fourth-order valence-corrected chi connectivity index (χ4v) is 2.55. The lowest BCUT2D eigenvalue weighted by Crippen LogP contribution is -2.37. The molecule has 1 unspecified atom stereocenters. The minimum atomic E-state index is -0.887. The van der Waals surface area contributed by atoms with Crippen LogP contribution in [0.4, 0.5) is 0 Å². The Morgan fingerprint density at radius 2 is 1.92 bits per heavy atom. The molecule has 0 aliphatic heterocycles. The minimum Gasteiger partial charge on any atom is -0.481 e. The number of aryl methyl sites for hydroxylation is 1. The van der Waals surface area contributed by atoms with Gasteiger partial charge in [-0.25, -0.2) is 4.98 Å². The number of ether oxygens (including phenoxy) is 1. The van der Waals surface area contributed by atoms with E-state index in [9.17, 15) is 9.59 Å². The SMILES string of the molecule is COc1nc(C)ccc1C(=O)NC(CCC(=O)O)Cc1ccccc1. The van der Waals surface area contributed by atoms with E-state index in [1.54, 1.807) is 12.1 Å². The predicted molar refractivity (Wildman–Crippen MR) is 93.8 cm³/mol. The number of aromatic nitrogens is 1. The van der Waals surface area contributed by atoms with Crippen LogP contribution in [0.2, 0.25) is 0 Å². The van der Waals surface area contributed by atoms with E-state index in [0.717, 1.165) is 11.3 Å². The number of hydrogen-bond acceptors (Lipinski definition) is 4. The Morgan fingerprint density at radius 3 is 2.56 bits per heavy atom. The second-order valence-electron chi connectivity index (χ2n) is 5.80. The van der Waals surface area contributed by atoms with E-state index in [2.05, 4.69) is 10.3 Å². The fraction of sp³-hybridized carbons (Fsp3) is 0.316. The van der Waals surface area contributed by atoms with Crippen molar-refractivity contribution < 1.29 is 19.4 Å². The highest BCUT2D eigenvalue weighted by molar-refractivity contribution is 5.96. The molecule has 2 N–H and O–H groups in total. The minimum absolute atomic E-state index is 0.0128. The van der Waals surface area contributed by atoms with Crippen LogP contribution < -0.4 is 10.1 Å². The van der Waals surface area contributed by atoms with Crippen LogP contribution in [0.15, 0.2) is 42.5 Å². The Bertz CT molecular complexity index is 731. The number of aliphatic carboxylic acids is 1. The van der Waals surface area contributed by atoms with Crippen LogP contribution in [0, 0.1) is 6.92 Å². The Balaban J connectivity index is 2.14. The van der Waals surface area contributed by atoms with Crippen molar-refractivity contribution >= 4 is 11.9 Å². The number of carboxylic acid groups (broad SMARTS) is 1. The number of carboxylic acids is 1. The van der Waals surface area contributed by atoms with Crippen molar-refractivity contribution in [3.8, 4) is 5.88 Å². The molecule has 1 aromatic heterocycles. The van der Waals surface area contributed by atoms with Gasteiger partial charge in [0.2, 0.25) is 5.88 Å². The zero-order valence-corrected chi connectivity index (χ0v) is 14.4. The van der Waals surface area contributed by atoms with E-state index in [1.165, 1.54) is 7.11 Å². The summed E-state index contributed by atoms with van der Waals surface area (Å²) in [5.41, 5.74) is 2.12. The normalized spacial score (nSPS) is 11.6. The number of benzene rings is 1. The average molecular weight is 342 g/mol. The molecule has 6 nitrogen and oxygen atoms in total. The van der Waals surface area contributed by atoms with Crippen LogP contribution in [0.25, 0.3) is 0 Å². The monoisotopic (exact) mass is 342 g/mol. The molecular formula is C19H22N2O4. The highest BCUT2D eigenvalue weighted by Crippen LogP contribution is 2.17. The first-order valence-corrected chi connectivity index (χ1v) is 8.08. The van der Waals surface area contributed by atoms with Crippen molar-refractivity contribution in [2.45, 2.75) is 32.2 Å². The molecule has 0 radical (unpaired) electrons. The first-order valence-electron chi connectivity index (χ1n) is 8.08. The lowest BCUT2D eigenvalue weighted by atomic mass is 10.0. The summed E-state index contributed by atoms with van der Waals surface area (Å²) in [7, 11) is 1.46. The number of pyridine rings is 1. The van der Waals surface area contributed by atoms with E-state index in [-0.39, 0.29) is 24.2 Å². The Kier molecular flexibility index (Phi) is 6.51. The third-order valence-electron chi connectivity index (χ3n) is 3.80. The van der Waals surface area contributed by atoms with Gasteiger partial charge in [0.1, 0.15) is 5.56 Å². The lowest BCUT2D eigenvalue weighted by molar-refractivity contribution is -0.137. The van der Waals surface area contributed by atoms with Crippen LogP contribution in [-0.4, -0.2) is 35.1 Å². The second-order valence-corrected chi connectivity index (χ2v) is 5.80. The summed E-state index contributed by atoms with van der Waals surface area (Å²) in [4.78, 5) is 27.7. The second kappa shape index (κ2) is 8.82. The van der Waals surface area contributed by atoms with Gasteiger partial charge >= 0.3 is 5.97 Å². The third kappa shape index (κ3) is 5.60. The summed E-state index contributed by atoms with van der Waals surface area (Å²) in [5, 5.41) is 11.9. The highest BCUT2D eigenvalue weighted by Gasteiger charge is 2.19. The highest BCUT2D eigenvalue weighted by atomic mass is 16.5. The molecule has 0 spiro atoms.